The van der Waals surface area contributed by atoms with Gasteiger partial charge in [-0.2, -0.15) is 0 Å². The fourth-order valence-electron chi connectivity index (χ4n) is 3.84. The van der Waals surface area contributed by atoms with Gasteiger partial charge >= 0.3 is 11.9 Å². The number of esters is 1. The van der Waals surface area contributed by atoms with Crippen molar-refractivity contribution >= 4 is 11.9 Å². The van der Waals surface area contributed by atoms with E-state index in [2.05, 4.69) is 0 Å². The van der Waals surface area contributed by atoms with Crippen LogP contribution in [-0.2, 0) is 19.1 Å². The van der Waals surface area contributed by atoms with E-state index in [0.717, 1.165) is 32.1 Å². The van der Waals surface area contributed by atoms with Crippen molar-refractivity contribution in [1.29, 1.82) is 0 Å². The molecule has 1 heterocycles. The van der Waals surface area contributed by atoms with Crippen molar-refractivity contribution < 1.29 is 39.5 Å². The zero-order valence-electron chi connectivity index (χ0n) is 20.9. The first-order valence-electron chi connectivity index (χ1n) is 12.5. The highest BCUT2D eigenvalue weighted by Gasteiger charge is 2.37. The summed E-state index contributed by atoms with van der Waals surface area (Å²) in [5.74, 6) is -1.40. The molecule has 8 nitrogen and oxygen atoms in total. The van der Waals surface area contributed by atoms with Crippen LogP contribution in [0.2, 0.25) is 0 Å². The topological polar surface area (TPSA) is 134 Å². The predicted octanol–water partition coefficient (Wildman–Crippen LogP) is 3.38. The summed E-state index contributed by atoms with van der Waals surface area (Å²) in [6.45, 7) is 6.05. The van der Waals surface area contributed by atoms with Gasteiger partial charge < -0.3 is 29.9 Å². The van der Waals surface area contributed by atoms with Crippen molar-refractivity contribution in [3.63, 3.8) is 0 Å². The molecule has 4 N–H and O–H groups in total. The lowest BCUT2D eigenvalue weighted by molar-refractivity contribution is -0.162. The van der Waals surface area contributed by atoms with Crippen LogP contribution in [0.1, 0.15) is 78.6 Å². The molecule has 1 aliphatic rings. The average molecular weight is 485 g/mol. The molecule has 34 heavy (non-hydrogen) atoms. The Morgan fingerprint density at radius 3 is 2.35 bits per heavy atom. The number of carboxylic acid groups (broad SMARTS) is 1. The second kappa shape index (κ2) is 16.8. The van der Waals surface area contributed by atoms with E-state index in [1.165, 1.54) is 6.08 Å². The number of allylic oxidation sites excluding steroid dienone is 1. The number of unbranched alkanes of at least 4 members (excludes halogenated alkanes) is 5. The van der Waals surface area contributed by atoms with E-state index < -0.39 is 36.4 Å². The van der Waals surface area contributed by atoms with Gasteiger partial charge in [0.05, 0.1) is 31.5 Å². The van der Waals surface area contributed by atoms with Gasteiger partial charge in [0.25, 0.3) is 0 Å². The molecule has 196 valence electrons. The second-order valence-corrected chi connectivity index (χ2v) is 9.50. The molecule has 1 rings (SSSR count). The van der Waals surface area contributed by atoms with Crippen LogP contribution in [0.15, 0.2) is 23.8 Å². The fraction of sp³-hybridized carbons (Fsp3) is 0.769. The Labute approximate surface area is 203 Å². The van der Waals surface area contributed by atoms with Gasteiger partial charge in [0.2, 0.25) is 0 Å². The van der Waals surface area contributed by atoms with Crippen LogP contribution in [0, 0.1) is 11.8 Å². The van der Waals surface area contributed by atoms with Gasteiger partial charge in [0.1, 0.15) is 6.10 Å². The summed E-state index contributed by atoms with van der Waals surface area (Å²) < 4.78 is 11.0. The van der Waals surface area contributed by atoms with Gasteiger partial charge in [-0.15, -0.1) is 0 Å². The molecule has 1 aliphatic heterocycles. The van der Waals surface area contributed by atoms with E-state index in [0.29, 0.717) is 38.0 Å². The monoisotopic (exact) mass is 484 g/mol. The number of hydrogen-bond acceptors (Lipinski definition) is 7. The quantitative estimate of drug-likeness (QED) is 0.113. The average Bonchev–Trinajstić information content (AvgIpc) is 2.76. The van der Waals surface area contributed by atoms with Crippen LogP contribution in [-0.4, -0.2) is 70.0 Å². The fourth-order valence-corrected chi connectivity index (χ4v) is 3.84. The number of aliphatic hydroxyl groups is 3. The maximum absolute atomic E-state index is 12.0. The zero-order valence-corrected chi connectivity index (χ0v) is 20.9. The van der Waals surface area contributed by atoms with Gasteiger partial charge in [-0.1, -0.05) is 50.3 Å². The number of carbonyl (C=O) groups is 2. The summed E-state index contributed by atoms with van der Waals surface area (Å²) in [4.78, 5) is 22.5. The molecule has 0 aromatic heterocycles. The molecular formula is C26H44O8. The van der Waals surface area contributed by atoms with Crippen LogP contribution in [0.4, 0.5) is 0 Å². The number of carbonyl (C=O) groups excluding carboxylic acids is 1. The van der Waals surface area contributed by atoms with Gasteiger partial charge in [0.15, 0.2) is 0 Å². The zero-order chi connectivity index (χ0) is 25.5. The molecule has 1 unspecified atom stereocenters. The van der Waals surface area contributed by atoms with Crippen LogP contribution in [0.3, 0.4) is 0 Å². The Morgan fingerprint density at radius 2 is 1.71 bits per heavy atom. The molecule has 6 atom stereocenters. The smallest absolute Gasteiger partial charge is 0.330 e. The Kier molecular flexibility index (Phi) is 15.0. The van der Waals surface area contributed by atoms with E-state index in [1.807, 2.05) is 19.1 Å². The van der Waals surface area contributed by atoms with E-state index in [4.69, 9.17) is 14.6 Å². The third-order valence-corrected chi connectivity index (χ3v) is 6.29. The minimum absolute atomic E-state index is 0.0160. The largest absolute Gasteiger partial charge is 0.481 e. The highest BCUT2D eigenvalue weighted by molar-refractivity contribution is 5.82. The van der Waals surface area contributed by atoms with Gasteiger partial charge in [0, 0.05) is 18.4 Å². The maximum Gasteiger partial charge on any atom is 0.330 e. The summed E-state index contributed by atoms with van der Waals surface area (Å²) in [5, 5.41) is 39.1. The van der Waals surface area contributed by atoms with Crippen molar-refractivity contribution in [3.8, 4) is 0 Å². The lowest BCUT2D eigenvalue weighted by atomic mass is 9.87. The summed E-state index contributed by atoms with van der Waals surface area (Å²) in [5.41, 5.74) is 0.712. The highest BCUT2D eigenvalue weighted by atomic mass is 16.5. The molecule has 1 saturated heterocycles. The Morgan fingerprint density at radius 1 is 1.06 bits per heavy atom. The SMILES string of the molecule is C/C(=C\C(=O)OCCCCCCCCC(=O)O)C[C@@H]1OCC(C/C=C/[C@@H](C)[C@H](C)O)[C@@H](O)[C@H]1O. The molecule has 0 bridgehead atoms. The Balaban J connectivity index is 2.28. The van der Waals surface area contributed by atoms with Crippen LogP contribution in [0.25, 0.3) is 0 Å². The van der Waals surface area contributed by atoms with Crippen LogP contribution >= 0.6 is 0 Å². The lowest BCUT2D eigenvalue weighted by Crippen LogP contribution is -2.50. The minimum atomic E-state index is -1.05. The van der Waals surface area contributed by atoms with E-state index in [-0.39, 0.29) is 18.3 Å². The molecule has 0 amide bonds. The van der Waals surface area contributed by atoms with Crippen molar-refractivity contribution in [2.45, 2.75) is 103 Å². The first-order valence-corrected chi connectivity index (χ1v) is 12.5. The normalized spacial score (nSPS) is 25.3. The van der Waals surface area contributed by atoms with Gasteiger partial charge in [-0.3, -0.25) is 4.79 Å². The maximum atomic E-state index is 12.0. The van der Waals surface area contributed by atoms with Crippen molar-refractivity contribution in [1.82, 2.24) is 0 Å². The molecule has 1 fully saturated rings. The highest BCUT2D eigenvalue weighted by Crippen LogP contribution is 2.27. The predicted molar refractivity (Wildman–Crippen MR) is 129 cm³/mol. The van der Waals surface area contributed by atoms with Crippen molar-refractivity contribution in [3.05, 3.63) is 23.8 Å². The molecule has 0 saturated carbocycles. The molecule has 0 aromatic carbocycles. The third kappa shape index (κ3) is 12.6. The van der Waals surface area contributed by atoms with Crippen molar-refractivity contribution in [2.24, 2.45) is 11.8 Å². The molecule has 0 radical (unpaired) electrons. The first kappa shape index (κ1) is 30.3. The number of aliphatic carboxylic acids is 1. The molecule has 0 aromatic rings. The number of aliphatic hydroxyl groups excluding tert-OH is 3. The van der Waals surface area contributed by atoms with Crippen LogP contribution in [0.5, 0.6) is 0 Å². The Hall–Kier alpha value is -1.74. The summed E-state index contributed by atoms with van der Waals surface area (Å²) in [7, 11) is 0. The van der Waals surface area contributed by atoms with Crippen molar-refractivity contribution in [2.75, 3.05) is 13.2 Å². The minimum Gasteiger partial charge on any atom is -0.481 e. The van der Waals surface area contributed by atoms with E-state index >= 15 is 0 Å². The summed E-state index contributed by atoms with van der Waals surface area (Å²) in [6, 6.07) is 0. The summed E-state index contributed by atoms with van der Waals surface area (Å²) >= 11 is 0. The lowest BCUT2D eigenvalue weighted by Gasteiger charge is -2.37. The number of ether oxygens (including phenoxy) is 2. The van der Waals surface area contributed by atoms with Crippen LogP contribution < -0.4 is 0 Å². The number of carboxylic acids is 1. The molecule has 0 spiro atoms. The third-order valence-electron chi connectivity index (χ3n) is 6.29. The molecular weight excluding hydrogens is 440 g/mol. The molecule has 0 aliphatic carbocycles. The van der Waals surface area contributed by atoms with E-state index in [1.54, 1.807) is 13.8 Å². The number of hydrogen-bond donors (Lipinski definition) is 4. The summed E-state index contributed by atoms with van der Waals surface area (Å²) in [6.07, 6.45) is 8.56. The second-order valence-electron chi connectivity index (χ2n) is 9.50. The van der Waals surface area contributed by atoms with Gasteiger partial charge in [-0.25, -0.2) is 4.79 Å². The van der Waals surface area contributed by atoms with E-state index in [9.17, 15) is 24.9 Å². The molecule has 8 heteroatoms. The Bertz CT molecular complexity index is 657. The number of rotatable bonds is 16. The standard InChI is InChI=1S/C26H44O8/c1-18(16-24(30)33-14-9-7-5-4-6-8-13-23(28)29)15-22-26(32)25(31)21(17-34-22)12-10-11-19(2)20(3)27/h10-11,16,19-22,25-27,31-32H,4-9,12-15,17H2,1-3H3,(H,28,29)/b11-10+,18-16+/t19-,20+,21?,22+,25-,26+/m1/s1. The van der Waals surface area contributed by atoms with Gasteiger partial charge in [-0.05, 0) is 45.4 Å². The first-order chi connectivity index (χ1) is 16.1.